The Hall–Kier alpha value is -0.940. The second kappa shape index (κ2) is 3.43. The Morgan fingerprint density at radius 2 is 2.62 bits per heavy atom. The predicted octanol–water partition coefficient (Wildman–Crippen LogP) is 0.666. The molecule has 4 nitrogen and oxygen atoms in total. The third-order valence-electron chi connectivity index (χ3n) is 2.13. The van der Waals surface area contributed by atoms with Gasteiger partial charge in [-0.05, 0) is 19.4 Å². The topological polar surface area (TPSA) is 68.0 Å². The molecule has 1 aromatic heterocycles. The number of rotatable bonds is 2. The first-order chi connectivity index (χ1) is 6.27. The summed E-state index contributed by atoms with van der Waals surface area (Å²) in [4.78, 5) is 14.9. The summed E-state index contributed by atoms with van der Waals surface area (Å²) in [6, 6.07) is 0.332. The third kappa shape index (κ3) is 1.71. The van der Waals surface area contributed by atoms with E-state index in [2.05, 4.69) is 10.3 Å². The van der Waals surface area contributed by atoms with Crippen LogP contribution in [0.3, 0.4) is 0 Å². The van der Waals surface area contributed by atoms with Crippen LogP contribution < -0.4 is 11.1 Å². The molecule has 1 fully saturated rings. The molecule has 1 aromatic rings. The Morgan fingerprint density at radius 1 is 1.77 bits per heavy atom. The number of carbonyl (C=O) groups excluding carboxylic acids is 1. The fourth-order valence-electron chi connectivity index (χ4n) is 1.46. The van der Waals surface area contributed by atoms with Gasteiger partial charge in [-0.3, -0.25) is 4.79 Å². The summed E-state index contributed by atoms with van der Waals surface area (Å²) in [6.07, 6.45) is 2.28. The standard InChI is InChI=1S/C8H11N3OS/c9-7(12)6-4-13-8(11-6)5-2-1-3-10-5/h4-5,10H,1-3H2,(H2,9,12)/t5-/m0/s1. The van der Waals surface area contributed by atoms with Crippen LogP contribution in [-0.4, -0.2) is 17.4 Å². The average molecular weight is 197 g/mol. The summed E-state index contributed by atoms with van der Waals surface area (Å²) in [7, 11) is 0. The zero-order valence-corrected chi connectivity index (χ0v) is 7.93. The second-order valence-electron chi connectivity index (χ2n) is 3.08. The minimum Gasteiger partial charge on any atom is -0.364 e. The summed E-state index contributed by atoms with van der Waals surface area (Å²) in [5, 5.41) is 6.02. The molecule has 1 atom stereocenters. The third-order valence-corrected chi connectivity index (χ3v) is 3.09. The maximum Gasteiger partial charge on any atom is 0.268 e. The van der Waals surface area contributed by atoms with Gasteiger partial charge in [-0.2, -0.15) is 0 Å². The van der Waals surface area contributed by atoms with Gasteiger partial charge in [0.25, 0.3) is 5.91 Å². The first kappa shape index (κ1) is 8.65. The molecular formula is C8H11N3OS. The molecule has 0 unspecified atom stereocenters. The van der Waals surface area contributed by atoms with Crippen molar-refractivity contribution in [2.75, 3.05) is 6.54 Å². The van der Waals surface area contributed by atoms with Gasteiger partial charge in [-0.1, -0.05) is 0 Å². The van der Waals surface area contributed by atoms with Gasteiger partial charge < -0.3 is 11.1 Å². The van der Waals surface area contributed by atoms with Crippen molar-refractivity contribution in [2.24, 2.45) is 5.73 Å². The molecule has 13 heavy (non-hydrogen) atoms. The number of nitrogens with zero attached hydrogens (tertiary/aromatic N) is 1. The first-order valence-electron chi connectivity index (χ1n) is 4.26. The van der Waals surface area contributed by atoms with Crippen LogP contribution in [0, 0.1) is 0 Å². The largest absolute Gasteiger partial charge is 0.364 e. The summed E-state index contributed by atoms with van der Waals surface area (Å²) in [5.74, 6) is -0.444. The highest BCUT2D eigenvalue weighted by Gasteiger charge is 2.20. The van der Waals surface area contributed by atoms with Crippen LogP contribution >= 0.6 is 11.3 Å². The number of nitrogens with one attached hydrogen (secondary N) is 1. The van der Waals surface area contributed by atoms with E-state index >= 15 is 0 Å². The van der Waals surface area contributed by atoms with Crippen LogP contribution in [0.15, 0.2) is 5.38 Å². The molecule has 1 saturated heterocycles. The van der Waals surface area contributed by atoms with E-state index in [1.165, 1.54) is 17.8 Å². The van der Waals surface area contributed by atoms with Crippen LogP contribution in [0.4, 0.5) is 0 Å². The summed E-state index contributed by atoms with van der Waals surface area (Å²) < 4.78 is 0. The van der Waals surface area contributed by atoms with E-state index in [-0.39, 0.29) is 0 Å². The van der Waals surface area contributed by atoms with Gasteiger partial charge in [0, 0.05) is 5.38 Å². The minimum atomic E-state index is -0.444. The van der Waals surface area contributed by atoms with Gasteiger partial charge in [0.15, 0.2) is 0 Å². The van der Waals surface area contributed by atoms with Gasteiger partial charge in [-0.15, -0.1) is 11.3 Å². The maximum atomic E-state index is 10.8. The summed E-state index contributed by atoms with van der Waals surface area (Å²) in [5.41, 5.74) is 5.49. The number of amides is 1. The highest BCUT2D eigenvalue weighted by molar-refractivity contribution is 7.09. The van der Waals surface area contributed by atoms with Crippen molar-refractivity contribution in [3.05, 3.63) is 16.1 Å². The molecule has 0 spiro atoms. The highest BCUT2D eigenvalue weighted by Crippen LogP contribution is 2.25. The normalized spacial score (nSPS) is 22.0. The van der Waals surface area contributed by atoms with Crippen LogP contribution in [0.25, 0.3) is 0 Å². The van der Waals surface area contributed by atoms with Crippen molar-refractivity contribution in [3.63, 3.8) is 0 Å². The van der Waals surface area contributed by atoms with Gasteiger partial charge in [-0.25, -0.2) is 4.98 Å². The van der Waals surface area contributed by atoms with Gasteiger partial charge in [0.05, 0.1) is 6.04 Å². The number of thiazole rings is 1. The Balaban J connectivity index is 2.16. The zero-order valence-electron chi connectivity index (χ0n) is 7.12. The monoisotopic (exact) mass is 197 g/mol. The second-order valence-corrected chi connectivity index (χ2v) is 3.97. The molecule has 1 aliphatic rings. The molecular weight excluding hydrogens is 186 g/mol. The Labute approximate surface area is 80.2 Å². The molecule has 0 aromatic carbocycles. The van der Waals surface area contributed by atoms with Crippen LogP contribution in [0.5, 0.6) is 0 Å². The number of hydrogen-bond donors (Lipinski definition) is 2. The van der Waals surface area contributed by atoms with E-state index in [9.17, 15) is 4.79 Å². The molecule has 1 aliphatic heterocycles. The molecule has 0 radical (unpaired) electrons. The summed E-state index contributed by atoms with van der Waals surface area (Å²) in [6.45, 7) is 1.04. The fourth-order valence-corrected chi connectivity index (χ4v) is 2.37. The molecule has 70 valence electrons. The van der Waals surface area contributed by atoms with Crippen molar-refractivity contribution in [2.45, 2.75) is 18.9 Å². The SMILES string of the molecule is NC(=O)c1csc([C@@H]2CCCN2)n1. The molecule has 0 saturated carbocycles. The number of hydrogen-bond acceptors (Lipinski definition) is 4. The lowest BCUT2D eigenvalue weighted by molar-refractivity contribution is 0.0996. The summed E-state index contributed by atoms with van der Waals surface area (Å²) >= 11 is 1.50. The van der Waals surface area contributed by atoms with Crippen LogP contribution in [0.2, 0.25) is 0 Å². The highest BCUT2D eigenvalue weighted by atomic mass is 32.1. The van der Waals surface area contributed by atoms with E-state index in [1.807, 2.05) is 0 Å². The van der Waals surface area contributed by atoms with E-state index in [4.69, 9.17) is 5.73 Å². The smallest absolute Gasteiger partial charge is 0.268 e. The van der Waals surface area contributed by atoms with Gasteiger partial charge >= 0.3 is 0 Å². The van der Waals surface area contributed by atoms with E-state index in [1.54, 1.807) is 5.38 Å². The van der Waals surface area contributed by atoms with E-state index in [0.29, 0.717) is 11.7 Å². The molecule has 3 N–H and O–H groups in total. The van der Waals surface area contributed by atoms with Crippen molar-refractivity contribution < 1.29 is 4.79 Å². The minimum absolute atomic E-state index is 0.332. The quantitative estimate of drug-likeness (QED) is 0.732. The molecule has 2 heterocycles. The lowest BCUT2D eigenvalue weighted by Crippen LogP contribution is -2.14. The Kier molecular flexibility index (Phi) is 2.28. The molecule has 0 bridgehead atoms. The van der Waals surface area contributed by atoms with Crippen LogP contribution in [-0.2, 0) is 0 Å². The average Bonchev–Trinajstić information content (AvgIpc) is 2.75. The molecule has 0 aliphatic carbocycles. The maximum absolute atomic E-state index is 10.8. The van der Waals surface area contributed by atoms with Crippen molar-refractivity contribution in [1.82, 2.24) is 10.3 Å². The van der Waals surface area contributed by atoms with Gasteiger partial charge in [0.2, 0.25) is 0 Å². The molecule has 5 heteroatoms. The predicted molar refractivity (Wildman–Crippen MR) is 50.6 cm³/mol. The molecule has 1 amide bonds. The fraction of sp³-hybridized carbons (Fsp3) is 0.500. The number of nitrogens with two attached hydrogens (primary N) is 1. The number of aromatic nitrogens is 1. The van der Waals surface area contributed by atoms with E-state index in [0.717, 1.165) is 18.0 Å². The van der Waals surface area contributed by atoms with Crippen molar-refractivity contribution >= 4 is 17.2 Å². The lowest BCUT2D eigenvalue weighted by atomic mass is 10.2. The number of carbonyl (C=O) groups is 1. The zero-order chi connectivity index (χ0) is 9.26. The first-order valence-corrected chi connectivity index (χ1v) is 5.14. The lowest BCUT2D eigenvalue weighted by Gasteiger charge is -2.03. The van der Waals surface area contributed by atoms with E-state index < -0.39 is 5.91 Å². The number of primary amides is 1. The van der Waals surface area contributed by atoms with Crippen LogP contribution in [0.1, 0.15) is 34.4 Å². The van der Waals surface area contributed by atoms with Crippen molar-refractivity contribution in [1.29, 1.82) is 0 Å². The van der Waals surface area contributed by atoms with Crippen molar-refractivity contribution in [3.8, 4) is 0 Å². The molecule has 2 rings (SSSR count). The Morgan fingerprint density at radius 3 is 3.15 bits per heavy atom. The Bertz CT molecular complexity index is 317. The van der Waals surface area contributed by atoms with Gasteiger partial charge in [0.1, 0.15) is 10.7 Å².